The van der Waals surface area contributed by atoms with Gasteiger partial charge in [0, 0.05) is 41.6 Å². The molecule has 3 N–H and O–H groups in total. The number of aromatic amines is 1. The number of halogens is 3. The standard InChI is InChI=1S/C26H25Cl2FN6O3/c1-12(2)37-26(36)17-11-35(24(17)30)25-20(29)6-14(8-32-25)23-16-7-15(4-5-21(16)33-34-23)38-13(3)22-18(27)9-31-10-19(22)28/h4-10,12-13,17,24H,11,30H2,1-3H3,(H,33,34)/t13-,17-,24-/m1/s1. The van der Waals surface area contributed by atoms with E-state index in [1.165, 1.54) is 29.6 Å². The number of aromatic nitrogens is 4. The first-order valence-corrected chi connectivity index (χ1v) is 12.7. The Balaban J connectivity index is 1.37. The molecule has 1 aliphatic rings. The smallest absolute Gasteiger partial charge is 0.314 e. The first-order chi connectivity index (χ1) is 18.1. The van der Waals surface area contributed by atoms with Crippen LogP contribution in [0.5, 0.6) is 5.75 Å². The number of H-pyrrole nitrogens is 1. The lowest BCUT2D eigenvalue weighted by Crippen LogP contribution is -2.65. The molecule has 38 heavy (non-hydrogen) atoms. The maximum Gasteiger partial charge on any atom is 0.314 e. The lowest BCUT2D eigenvalue weighted by molar-refractivity contribution is -0.154. The van der Waals surface area contributed by atoms with E-state index < -0.39 is 30.0 Å². The van der Waals surface area contributed by atoms with Crippen molar-refractivity contribution < 1.29 is 18.7 Å². The molecular formula is C26H25Cl2FN6O3. The minimum absolute atomic E-state index is 0.0682. The molecule has 0 unspecified atom stereocenters. The van der Waals surface area contributed by atoms with Crippen LogP contribution in [0.4, 0.5) is 10.2 Å². The number of hydrogen-bond acceptors (Lipinski definition) is 8. The van der Waals surface area contributed by atoms with E-state index in [0.717, 1.165) is 5.52 Å². The zero-order valence-corrected chi connectivity index (χ0v) is 22.3. The van der Waals surface area contributed by atoms with Crippen molar-refractivity contribution in [1.82, 2.24) is 20.2 Å². The molecule has 1 saturated heterocycles. The maximum absolute atomic E-state index is 15.2. The number of fused-ring (bicyclic) bond motifs is 1. The van der Waals surface area contributed by atoms with Gasteiger partial charge < -0.3 is 20.1 Å². The third kappa shape index (κ3) is 4.87. The van der Waals surface area contributed by atoms with Gasteiger partial charge in [0.05, 0.1) is 27.8 Å². The summed E-state index contributed by atoms with van der Waals surface area (Å²) >= 11 is 12.5. The lowest BCUT2D eigenvalue weighted by Gasteiger charge is -2.45. The van der Waals surface area contributed by atoms with Gasteiger partial charge in [-0.25, -0.2) is 9.37 Å². The molecule has 5 rings (SSSR count). The van der Waals surface area contributed by atoms with Gasteiger partial charge in [-0.3, -0.25) is 14.9 Å². The van der Waals surface area contributed by atoms with Crippen LogP contribution in [0.2, 0.25) is 10.0 Å². The minimum atomic E-state index is -0.718. The topological polar surface area (TPSA) is 119 Å². The van der Waals surface area contributed by atoms with Crippen LogP contribution in [-0.4, -0.2) is 44.9 Å². The highest BCUT2D eigenvalue weighted by atomic mass is 35.5. The molecule has 12 heteroatoms. The largest absolute Gasteiger partial charge is 0.486 e. The maximum atomic E-state index is 15.2. The summed E-state index contributed by atoms with van der Waals surface area (Å²) in [7, 11) is 0. The number of ether oxygens (including phenoxy) is 2. The molecule has 1 aromatic carbocycles. The molecule has 4 aromatic rings. The Morgan fingerprint density at radius 2 is 1.92 bits per heavy atom. The quantitative estimate of drug-likeness (QED) is 0.294. The Morgan fingerprint density at radius 3 is 2.58 bits per heavy atom. The number of esters is 1. The van der Waals surface area contributed by atoms with Crippen LogP contribution in [0, 0.1) is 11.7 Å². The fourth-order valence-corrected chi connectivity index (χ4v) is 5.08. The normalized spacial score (nSPS) is 17.9. The second-order valence-corrected chi connectivity index (χ2v) is 10.1. The fraction of sp³-hybridized carbons (Fsp3) is 0.308. The van der Waals surface area contributed by atoms with E-state index in [1.807, 2.05) is 13.0 Å². The molecule has 0 radical (unpaired) electrons. The summed E-state index contributed by atoms with van der Waals surface area (Å²) in [6.07, 6.45) is 3.12. The average Bonchev–Trinajstić information content (AvgIpc) is 3.27. The molecule has 0 saturated carbocycles. The van der Waals surface area contributed by atoms with Crippen LogP contribution in [0.25, 0.3) is 22.2 Å². The Morgan fingerprint density at radius 1 is 1.18 bits per heavy atom. The molecule has 4 heterocycles. The summed E-state index contributed by atoms with van der Waals surface area (Å²) in [4.78, 5) is 22.0. The van der Waals surface area contributed by atoms with Crippen molar-refractivity contribution in [3.8, 4) is 17.0 Å². The molecule has 0 spiro atoms. The van der Waals surface area contributed by atoms with Gasteiger partial charge in [-0.2, -0.15) is 5.10 Å². The van der Waals surface area contributed by atoms with E-state index >= 15 is 4.39 Å². The number of rotatable bonds is 7. The molecule has 198 valence electrons. The van der Waals surface area contributed by atoms with Crippen molar-refractivity contribution in [1.29, 1.82) is 0 Å². The zero-order chi connectivity index (χ0) is 27.1. The molecule has 3 atom stereocenters. The highest BCUT2D eigenvalue weighted by Gasteiger charge is 2.44. The Bertz CT molecular complexity index is 1490. The Labute approximate surface area is 228 Å². The molecule has 0 amide bonds. The highest BCUT2D eigenvalue weighted by molar-refractivity contribution is 6.35. The SMILES string of the molecule is CC(C)OC(=O)[C@@H]1CN(c2ncc(-c3n[nH]c4ccc(O[C@H](C)c5c(Cl)cncc5Cl)cc34)cc2F)[C@H]1N. The van der Waals surface area contributed by atoms with Crippen molar-refractivity contribution in [2.45, 2.75) is 39.1 Å². The van der Waals surface area contributed by atoms with Crippen LogP contribution in [0.3, 0.4) is 0 Å². The van der Waals surface area contributed by atoms with E-state index in [2.05, 4.69) is 20.2 Å². The summed E-state index contributed by atoms with van der Waals surface area (Å²) in [6.45, 7) is 5.59. The molecule has 0 aliphatic carbocycles. The van der Waals surface area contributed by atoms with Crippen molar-refractivity contribution in [3.05, 3.63) is 64.3 Å². The van der Waals surface area contributed by atoms with Crippen LogP contribution < -0.4 is 15.4 Å². The number of anilines is 1. The van der Waals surface area contributed by atoms with Gasteiger partial charge in [0.15, 0.2) is 11.6 Å². The molecule has 0 bridgehead atoms. The molecule has 3 aromatic heterocycles. The van der Waals surface area contributed by atoms with E-state index in [4.69, 9.17) is 38.4 Å². The summed E-state index contributed by atoms with van der Waals surface area (Å²) in [5.41, 5.74) is 8.47. The molecular weight excluding hydrogens is 534 g/mol. The van der Waals surface area contributed by atoms with Gasteiger partial charge in [-0.1, -0.05) is 23.2 Å². The molecule has 1 fully saturated rings. The summed E-state index contributed by atoms with van der Waals surface area (Å²) in [6, 6.07) is 6.75. The zero-order valence-electron chi connectivity index (χ0n) is 20.8. The van der Waals surface area contributed by atoms with Gasteiger partial charge in [-0.05, 0) is 45.0 Å². The van der Waals surface area contributed by atoms with Crippen molar-refractivity contribution in [2.75, 3.05) is 11.4 Å². The first-order valence-electron chi connectivity index (χ1n) is 12.0. The number of nitrogens with zero attached hydrogens (tertiary/aromatic N) is 4. The predicted molar refractivity (Wildman–Crippen MR) is 143 cm³/mol. The number of pyridine rings is 2. The van der Waals surface area contributed by atoms with E-state index in [-0.39, 0.29) is 18.5 Å². The summed E-state index contributed by atoms with van der Waals surface area (Å²) in [5, 5.41) is 8.84. The summed E-state index contributed by atoms with van der Waals surface area (Å²) in [5.74, 6) is -0.894. The predicted octanol–water partition coefficient (Wildman–Crippen LogP) is 5.28. The monoisotopic (exact) mass is 558 g/mol. The number of carbonyl (C=O) groups excluding carboxylic acids is 1. The van der Waals surface area contributed by atoms with E-state index in [0.29, 0.717) is 38.0 Å². The van der Waals surface area contributed by atoms with E-state index in [9.17, 15) is 4.79 Å². The van der Waals surface area contributed by atoms with Gasteiger partial charge >= 0.3 is 5.97 Å². The Hall–Kier alpha value is -3.47. The van der Waals surface area contributed by atoms with Crippen molar-refractivity contribution in [2.24, 2.45) is 11.7 Å². The first kappa shape index (κ1) is 26.1. The molecule has 1 aliphatic heterocycles. The highest BCUT2D eigenvalue weighted by Crippen LogP contribution is 2.36. The van der Waals surface area contributed by atoms with E-state index in [1.54, 1.807) is 26.0 Å². The van der Waals surface area contributed by atoms with Crippen LogP contribution in [0.1, 0.15) is 32.4 Å². The van der Waals surface area contributed by atoms with Gasteiger partial charge in [0.1, 0.15) is 23.5 Å². The second-order valence-electron chi connectivity index (χ2n) is 9.32. The number of carbonyl (C=O) groups is 1. The third-order valence-corrected chi connectivity index (χ3v) is 6.93. The second kappa shape index (κ2) is 10.4. The molecule has 9 nitrogen and oxygen atoms in total. The van der Waals surface area contributed by atoms with Gasteiger partial charge in [0.25, 0.3) is 0 Å². The number of nitrogens with two attached hydrogens (primary N) is 1. The average molecular weight is 559 g/mol. The van der Waals surface area contributed by atoms with Gasteiger partial charge in [-0.15, -0.1) is 0 Å². The summed E-state index contributed by atoms with van der Waals surface area (Å²) < 4.78 is 26.5. The lowest BCUT2D eigenvalue weighted by atomic mass is 9.95. The number of benzene rings is 1. The van der Waals surface area contributed by atoms with Crippen molar-refractivity contribution in [3.63, 3.8) is 0 Å². The fourth-order valence-electron chi connectivity index (χ4n) is 4.41. The van der Waals surface area contributed by atoms with Crippen LogP contribution >= 0.6 is 23.2 Å². The Kier molecular flexibility index (Phi) is 7.13. The number of hydrogen-bond donors (Lipinski definition) is 2. The third-order valence-electron chi connectivity index (χ3n) is 6.33. The van der Waals surface area contributed by atoms with Crippen LogP contribution in [-0.2, 0) is 9.53 Å². The van der Waals surface area contributed by atoms with Crippen LogP contribution in [0.15, 0.2) is 42.9 Å². The van der Waals surface area contributed by atoms with Gasteiger partial charge in [0.2, 0.25) is 0 Å². The number of nitrogens with one attached hydrogen (secondary N) is 1. The minimum Gasteiger partial charge on any atom is -0.486 e. The van der Waals surface area contributed by atoms with Crippen molar-refractivity contribution >= 4 is 45.9 Å².